The van der Waals surface area contributed by atoms with Crippen molar-refractivity contribution in [1.82, 2.24) is 9.80 Å². The van der Waals surface area contributed by atoms with Gasteiger partial charge < -0.3 is 9.80 Å². The predicted molar refractivity (Wildman–Crippen MR) is 97.5 cm³/mol. The summed E-state index contributed by atoms with van der Waals surface area (Å²) in [7, 11) is 0. The molecule has 0 N–H and O–H groups in total. The molecule has 4 heteroatoms. The molecule has 24 heavy (non-hydrogen) atoms. The Kier molecular flexibility index (Phi) is 5.56. The van der Waals surface area contributed by atoms with Crippen LogP contribution in [-0.2, 0) is 9.59 Å². The summed E-state index contributed by atoms with van der Waals surface area (Å²) < 4.78 is 0. The van der Waals surface area contributed by atoms with Crippen LogP contribution in [0, 0.1) is 5.41 Å². The molecule has 2 amide bonds. The summed E-state index contributed by atoms with van der Waals surface area (Å²) in [6.45, 7) is 13.6. The second-order valence-electron chi connectivity index (χ2n) is 8.13. The van der Waals surface area contributed by atoms with E-state index in [0.717, 1.165) is 6.42 Å². The fourth-order valence-electron chi connectivity index (χ4n) is 4.27. The lowest BCUT2D eigenvalue weighted by atomic mass is 9.72. The number of nitrogens with zero attached hydrogens (tertiary/aromatic N) is 2. The molecule has 1 aliphatic carbocycles. The number of carbonyl (C=O) groups is 2. The monoisotopic (exact) mass is 332 g/mol. The Morgan fingerprint density at radius 2 is 1.75 bits per heavy atom. The average Bonchev–Trinajstić information content (AvgIpc) is 2.45. The first kappa shape index (κ1) is 18.8. The smallest absolute Gasteiger partial charge is 0.247 e. The molecule has 134 valence electrons. The average molecular weight is 332 g/mol. The van der Waals surface area contributed by atoms with Gasteiger partial charge in [-0.1, -0.05) is 25.5 Å². The third-order valence-electron chi connectivity index (χ3n) is 5.55. The first-order chi connectivity index (χ1) is 11.1. The maximum Gasteiger partial charge on any atom is 0.247 e. The van der Waals surface area contributed by atoms with Gasteiger partial charge >= 0.3 is 0 Å². The van der Waals surface area contributed by atoms with E-state index in [9.17, 15) is 9.59 Å². The Morgan fingerprint density at radius 3 is 2.25 bits per heavy atom. The van der Waals surface area contributed by atoms with Crippen molar-refractivity contribution in [3.63, 3.8) is 0 Å². The molecule has 2 aliphatic rings. The standard InChI is InChI=1S/C20H32N2O2/c1-14-8-7-11-20(5,6)18(14)9-10-19(24)22-15(2)12-21(17(4)23)13-16(22)3/h9-10,15-16H,7-8,11-13H2,1-6H3/b10-9+/t15-,16+. The molecule has 0 spiro atoms. The second kappa shape index (κ2) is 7.12. The van der Waals surface area contributed by atoms with Crippen LogP contribution in [0.3, 0.4) is 0 Å². The molecule has 2 atom stereocenters. The highest BCUT2D eigenvalue weighted by Gasteiger charge is 2.33. The predicted octanol–water partition coefficient (Wildman–Crippen LogP) is 3.54. The molecule has 4 nitrogen and oxygen atoms in total. The molecule has 0 saturated carbocycles. The van der Waals surface area contributed by atoms with Crippen molar-refractivity contribution in [2.24, 2.45) is 5.41 Å². The number of allylic oxidation sites excluding steroid dienone is 3. The highest BCUT2D eigenvalue weighted by molar-refractivity contribution is 5.89. The number of rotatable bonds is 2. The van der Waals surface area contributed by atoms with Gasteiger partial charge in [-0.3, -0.25) is 9.59 Å². The van der Waals surface area contributed by atoms with Gasteiger partial charge in [-0.2, -0.15) is 0 Å². The highest BCUT2D eigenvalue weighted by atomic mass is 16.2. The minimum absolute atomic E-state index is 0.0456. The first-order valence-corrected chi connectivity index (χ1v) is 9.09. The van der Waals surface area contributed by atoms with Crippen LogP contribution in [0.1, 0.15) is 60.8 Å². The Hall–Kier alpha value is -1.58. The van der Waals surface area contributed by atoms with Gasteiger partial charge in [0.15, 0.2) is 0 Å². The Bertz CT molecular complexity index is 562. The Morgan fingerprint density at radius 1 is 1.17 bits per heavy atom. The van der Waals surface area contributed by atoms with E-state index in [1.807, 2.05) is 29.7 Å². The maximum atomic E-state index is 12.8. The number of piperazine rings is 1. The van der Waals surface area contributed by atoms with Crippen molar-refractivity contribution in [2.75, 3.05) is 13.1 Å². The van der Waals surface area contributed by atoms with Crippen LogP contribution in [0.2, 0.25) is 0 Å². The van der Waals surface area contributed by atoms with Gasteiger partial charge in [0.25, 0.3) is 0 Å². The normalized spacial score (nSPS) is 27.8. The van der Waals surface area contributed by atoms with Crippen LogP contribution >= 0.6 is 0 Å². The van der Waals surface area contributed by atoms with Gasteiger partial charge in [0.1, 0.15) is 0 Å². The third-order valence-corrected chi connectivity index (χ3v) is 5.55. The van der Waals surface area contributed by atoms with Gasteiger partial charge in [-0.25, -0.2) is 0 Å². The zero-order valence-corrected chi connectivity index (χ0v) is 16.1. The largest absolute Gasteiger partial charge is 0.339 e. The summed E-state index contributed by atoms with van der Waals surface area (Å²) in [5, 5.41) is 0. The summed E-state index contributed by atoms with van der Waals surface area (Å²) in [4.78, 5) is 28.1. The number of hydrogen-bond acceptors (Lipinski definition) is 2. The quantitative estimate of drug-likeness (QED) is 0.726. The van der Waals surface area contributed by atoms with Crippen LogP contribution in [0.25, 0.3) is 0 Å². The molecule has 0 aromatic heterocycles. The van der Waals surface area contributed by atoms with Crippen LogP contribution < -0.4 is 0 Å². The molecule has 0 aromatic rings. The lowest BCUT2D eigenvalue weighted by Crippen LogP contribution is -2.59. The van der Waals surface area contributed by atoms with Gasteiger partial charge in [-0.05, 0) is 51.0 Å². The van der Waals surface area contributed by atoms with Crippen molar-refractivity contribution < 1.29 is 9.59 Å². The van der Waals surface area contributed by atoms with E-state index in [1.54, 1.807) is 13.0 Å². The number of amides is 2. The van der Waals surface area contributed by atoms with Crippen LogP contribution in [0.5, 0.6) is 0 Å². The van der Waals surface area contributed by atoms with Gasteiger partial charge in [0.05, 0.1) is 0 Å². The lowest BCUT2D eigenvalue weighted by Gasteiger charge is -2.43. The molecule has 1 saturated heterocycles. The molecular weight excluding hydrogens is 300 g/mol. The summed E-state index contributed by atoms with van der Waals surface area (Å²) in [6.07, 6.45) is 7.30. The van der Waals surface area contributed by atoms with Gasteiger partial charge in [0.2, 0.25) is 11.8 Å². The van der Waals surface area contributed by atoms with Crippen molar-refractivity contribution in [3.8, 4) is 0 Å². The molecular formula is C20H32N2O2. The first-order valence-electron chi connectivity index (χ1n) is 9.09. The van der Waals surface area contributed by atoms with E-state index in [2.05, 4.69) is 20.8 Å². The summed E-state index contributed by atoms with van der Waals surface area (Å²) in [5.41, 5.74) is 2.85. The van der Waals surface area contributed by atoms with E-state index in [1.165, 1.54) is 24.0 Å². The molecule has 0 radical (unpaired) electrons. The summed E-state index contributed by atoms with van der Waals surface area (Å²) >= 11 is 0. The summed E-state index contributed by atoms with van der Waals surface area (Å²) in [5.74, 6) is 0.140. The van der Waals surface area contributed by atoms with Crippen LogP contribution in [0.4, 0.5) is 0 Å². The fourth-order valence-corrected chi connectivity index (χ4v) is 4.27. The lowest BCUT2D eigenvalue weighted by molar-refractivity contribution is -0.141. The van der Waals surface area contributed by atoms with Crippen molar-refractivity contribution in [2.45, 2.75) is 72.9 Å². The zero-order chi connectivity index (χ0) is 18.1. The molecule has 2 rings (SSSR count). The van der Waals surface area contributed by atoms with E-state index in [0.29, 0.717) is 13.1 Å². The molecule has 1 aliphatic heterocycles. The molecule has 1 fully saturated rings. The van der Waals surface area contributed by atoms with E-state index in [4.69, 9.17) is 0 Å². The summed E-state index contributed by atoms with van der Waals surface area (Å²) in [6, 6.07) is 0.0912. The van der Waals surface area contributed by atoms with E-state index in [-0.39, 0.29) is 29.3 Å². The minimum Gasteiger partial charge on any atom is -0.339 e. The second-order valence-corrected chi connectivity index (χ2v) is 8.13. The fraction of sp³-hybridized carbons (Fsp3) is 0.700. The van der Waals surface area contributed by atoms with Crippen molar-refractivity contribution in [3.05, 3.63) is 23.3 Å². The van der Waals surface area contributed by atoms with Gasteiger partial charge in [-0.15, -0.1) is 0 Å². The Balaban J connectivity index is 2.13. The SMILES string of the molecule is CC(=O)N1C[C@@H](C)N(C(=O)/C=C/C2=C(C)CCCC2(C)C)[C@@H](C)C1. The Labute approximate surface area is 146 Å². The van der Waals surface area contributed by atoms with Gasteiger partial charge in [0, 0.05) is 38.2 Å². The van der Waals surface area contributed by atoms with E-state index >= 15 is 0 Å². The molecule has 0 bridgehead atoms. The number of carbonyl (C=O) groups excluding carboxylic acids is 2. The van der Waals surface area contributed by atoms with E-state index < -0.39 is 0 Å². The topological polar surface area (TPSA) is 40.6 Å². The van der Waals surface area contributed by atoms with Crippen molar-refractivity contribution in [1.29, 1.82) is 0 Å². The minimum atomic E-state index is 0.0456. The highest BCUT2D eigenvalue weighted by Crippen LogP contribution is 2.40. The third kappa shape index (κ3) is 3.90. The van der Waals surface area contributed by atoms with Crippen LogP contribution in [-0.4, -0.2) is 46.8 Å². The zero-order valence-electron chi connectivity index (χ0n) is 16.1. The maximum absolute atomic E-state index is 12.8. The molecule has 1 heterocycles. The molecule has 0 unspecified atom stereocenters. The number of hydrogen-bond donors (Lipinski definition) is 0. The van der Waals surface area contributed by atoms with Crippen LogP contribution in [0.15, 0.2) is 23.3 Å². The molecule has 0 aromatic carbocycles. The van der Waals surface area contributed by atoms with Crippen molar-refractivity contribution >= 4 is 11.8 Å².